The summed E-state index contributed by atoms with van der Waals surface area (Å²) >= 11 is 1.22. The van der Waals surface area contributed by atoms with Crippen LogP contribution in [0.5, 0.6) is 0 Å². The molecule has 0 radical (unpaired) electrons. The molecule has 2 fully saturated rings. The van der Waals surface area contributed by atoms with E-state index in [2.05, 4.69) is 20.9 Å². The van der Waals surface area contributed by atoms with Crippen LogP contribution in [-0.4, -0.2) is 48.9 Å². The molecule has 0 bridgehead atoms. The summed E-state index contributed by atoms with van der Waals surface area (Å²) in [7, 11) is 1.87. The Labute approximate surface area is 143 Å². The van der Waals surface area contributed by atoms with E-state index in [4.69, 9.17) is 0 Å². The molecule has 3 rings (SSSR count). The summed E-state index contributed by atoms with van der Waals surface area (Å²) in [5.74, 6) is 0.549. The normalized spacial score (nSPS) is 23.5. The number of hydrogen-bond donors (Lipinski definition) is 2. The highest BCUT2D eigenvalue weighted by molar-refractivity contribution is 7.99. The van der Waals surface area contributed by atoms with Gasteiger partial charge in [0.25, 0.3) is 5.91 Å². The zero-order valence-electron chi connectivity index (χ0n) is 13.8. The summed E-state index contributed by atoms with van der Waals surface area (Å²) in [5.41, 5.74) is 1.38. The topological polar surface area (TPSA) is 109 Å². The predicted molar refractivity (Wildman–Crippen MR) is 85.9 cm³/mol. The van der Waals surface area contributed by atoms with Gasteiger partial charge in [-0.3, -0.25) is 15.0 Å². The highest BCUT2D eigenvalue weighted by Crippen LogP contribution is 2.39. The lowest BCUT2D eigenvalue weighted by atomic mass is 10.00. The first-order valence-corrected chi connectivity index (χ1v) is 8.82. The third-order valence-corrected chi connectivity index (χ3v) is 5.37. The minimum Gasteiger partial charge on any atom is -0.322 e. The fourth-order valence-electron chi connectivity index (χ4n) is 2.46. The molecule has 2 N–H and O–H groups in total. The SMILES string of the molecule is CC[C@]1(C)NC(=O)N(NC(=O)CSc2nnc(C3CC3)n2C)C1=O. The summed E-state index contributed by atoms with van der Waals surface area (Å²) in [6.45, 7) is 3.43. The second-order valence-corrected chi connectivity index (χ2v) is 7.20. The maximum absolute atomic E-state index is 12.2. The van der Waals surface area contributed by atoms with Crippen molar-refractivity contribution in [2.24, 2.45) is 7.05 Å². The van der Waals surface area contributed by atoms with E-state index in [1.807, 2.05) is 11.6 Å². The Morgan fingerprint density at radius 2 is 2.12 bits per heavy atom. The number of carbonyl (C=O) groups excluding carboxylic acids is 3. The summed E-state index contributed by atoms with van der Waals surface area (Å²) in [6.07, 6.45) is 2.70. The number of nitrogens with one attached hydrogen (secondary N) is 2. The van der Waals surface area contributed by atoms with Crippen LogP contribution in [0.1, 0.15) is 44.9 Å². The molecular formula is C14H20N6O3S. The van der Waals surface area contributed by atoms with E-state index >= 15 is 0 Å². The molecule has 0 spiro atoms. The average molecular weight is 352 g/mol. The largest absolute Gasteiger partial charge is 0.344 e. The van der Waals surface area contributed by atoms with E-state index in [9.17, 15) is 14.4 Å². The van der Waals surface area contributed by atoms with Crippen molar-refractivity contribution in [1.82, 2.24) is 30.5 Å². The van der Waals surface area contributed by atoms with Crippen LogP contribution in [0.15, 0.2) is 5.16 Å². The molecule has 0 unspecified atom stereocenters. The molecule has 1 saturated heterocycles. The second kappa shape index (κ2) is 6.08. The summed E-state index contributed by atoms with van der Waals surface area (Å²) in [4.78, 5) is 36.1. The predicted octanol–water partition coefficient (Wildman–Crippen LogP) is 0.536. The standard InChI is InChI=1S/C14H20N6O3S/c1-4-14(2)11(22)20(12(23)15-14)18-9(21)7-24-13-17-16-10(19(13)3)8-5-6-8/h8H,4-7H2,1-3H3,(H,15,23)(H,18,21)/t14-/m0/s1. The van der Waals surface area contributed by atoms with Crippen molar-refractivity contribution < 1.29 is 14.4 Å². The first kappa shape index (κ1) is 16.7. The number of hydrazine groups is 1. The van der Waals surface area contributed by atoms with Gasteiger partial charge < -0.3 is 9.88 Å². The van der Waals surface area contributed by atoms with Gasteiger partial charge >= 0.3 is 6.03 Å². The quantitative estimate of drug-likeness (QED) is 0.571. The number of hydrogen-bond acceptors (Lipinski definition) is 6. The van der Waals surface area contributed by atoms with Crippen molar-refractivity contribution in [2.45, 2.75) is 49.7 Å². The van der Waals surface area contributed by atoms with Gasteiger partial charge in [-0.25, -0.2) is 4.79 Å². The number of carbonyl (C=O) groups is 3. The number of thioether (sulfide) groups is 1. The van der Waals surface area contributed by atoms with E-state index in [0.717, 1.165) is 23.7 Å². The van der Waals surface area contributed by atoms with Crippen LogP contribution in [0.4, 0.5) is 4.79 Å². The van der Waals surface area contributed by atoms with E-state index in [1.165, 1.54) is 11.8 Å². The van der Waals surface area contributed by atoms with Crippen LogP contribution >= 0.6 is 11.8 Å². The van der Waals surface area contributed by atoms with Crippen molar-refractivity contribution in [3.63, 3.8) is 0 Å². The Balaban J connectivity index is 1.56. The fourth-order valence-corrected chi connectivity index (χ4v) is 3.17. The molecular weight excluding hydrogens is 332 g/mol. The van der Waals surface area contributed by atoms with Crippen LogP contribution in [0, 0.1) is 0 Å². The lowest BCUT2D eigenvalue weighted by Gasteiger charge is -2.19. The maximum atomic E-state index is 12.2. The van der Waals surface area contributed by atoms with Gasteiger partial charge in [0.1, 0.15) is 11.4 Å². The van der Waals surface area contributed by atoms with Crippen LogP contribution < -0.4 is 10.7 Å². The molecule has 1 saturated carbocycles. The number of amides is 4. The van der Waals surface area contributed by atoms with Crippen molar-refractivity contribution in [3.05, 3.63) is 5.82 Å². The third kappa shape index (κ3) is 2.97. The highest BCUT2D eigenvalue weighted by atomic mass is 32.2. The highest BCUT2D eigenvalue weighted by Gasteiger charge is 2.47. The van der Waals surface area contributed by atoms with Crippen LogP contribution in [0.2, 0.25) is 0 Å². The smallest absolute Gasteiger partial charge is 0.322 e. The van der Waals surface area contributed by atoms with Gasteiger partial charge in [-0.15, -0.1) is 10.2 Å². The fraction of sp³-hybridized carbons (Fsp3) is 0.643. The minimum absolute atomic E-state index is 0.0382. The summed E-state index contributed by atoms with van der Waals surface area (Å²) in [5, 5.41) is 12.2. The lowest BCUT2D eigenvalue weighted by Crippen LogP contribution is -2.49. The molecule has 130 valence electrons. The van der Waals surface area contributed by atoms with E-state index in [1.54, 1.807) is 13.8 Å². The third-order valence-electron chi connectivity index (χ3n) is 4.35. The number of aromatic nitrogens is 3. The number of imide groups is 1. The van der Waals surface area contributed by atoms with Crippen LogP contribution in [0.25, 0.3) is 0 Å². The van der Waals surface area contributed by atoms with E-state index in [0.29, 0.717) is 17.5 Å². The van der Waals surface area contributed by atoms with Gasteiger partial charge in [-0.1, -0.05) is 18.7 Å². The molecule has 24 heavy (non-hydrogen) atoms. The monoisotopic (exact) mass is 352 g/mol. The molecule has 0 aromatic carbocycles. The molecule has 10 heteroatoms. The molecule has 2 aliphatic rings. The zero-order chi connectivity index (χ0) is 17.5. The van der Waals surface area contributed by atoms with Gasteiger partial charge in [-0.05, 0) is 26.2 Å². The Kier molecular flexibility index (Phi) is 4.24. The lowest BCUT2D eigenvalue weighted by molar-refractivity contribution is -0.137. The van der Waals surface area contributed by atoms with Gasteiger partial charge in [0.2, 0.25) is 5.91 Å². The van der Waals surface area contributed by atoms with Gasteiger partial charge in [-0.2, -0.15) is 5.01 Å². The molecule has 1 aliphatic carbocycles. The minimum atomic E-state index is -0.972. The molecule has 4 amide bonds. The molecule has 1 atom stereocenters. The Morgan fingerprint density at radius 1 is 1.42 bits per heavy atom. The first-order chi connectivity index (χ1) is 11.4. The van der Waals surface area contributed by atoms with Gasteiger partial charge in [0, 0.05) is 13.0 Å². The van der Waals surface area contributed by atoms with Gasteiger partial charge in [0.05, 0.1) is 5.75 Å². The first-order valence-electron chi connectivity index (χ1n) is 7.84. The molecule has 1 aromatic rings. The van der Waals surface area contributed by atoms with Crippen molar-refractivity contribution >= 4 is 29.6 Å². The van der Waals surface area contributed by atoms with Crippen LogP contribution in [0.3, 0.4) is 0 Å². The van der Waals surface area contributed by atoms with E-state index in [-0.39, 0.29) is 5.75 Å². The van der Waals surface area contributed by atoms with Gasteiger partial charge in [0.15, 0.2) is 5.16 Å². The molecule has 9 nitrogen and oxygen atoms in total. The number of urea groups is 1. The second-order valence-electron chi connectivity index (χ2n) is 6.25. The zero-order valence-corrected chi connectivity index (χ0v) is 14.6. The summed E-state index contributed by atoms with van der Waals surface area (Å²) < 4.78 is 1.89. The number of rotatable bonds is 6. The summed E-state index contributed by atoms with van der Waals surface area (Å²) in [6, 6.07) is -0.614. The van der Waals surface area contributed by atoms with Crippen molar-refractivity contribution in [1.29, 1.82) is 0 Å². The molecule has 2 heterocycles. The number of nitrogens with zero attached hydrogens (tertiary/aromatic N) is 4. The van der Waals surface area contributed by atoms with Crippen LogP contribution in [-0.2, 0) is 16.6 Å². The Bertz CT molecular complexity index is 701. The molecule has 1 aliphatic heterocycles. The Morgan fingerprint density at radius 3 is 2.71 bits per heavy atom. The van der Waals surface area contributed by atoms with Crippen molar-refractivity contribution in [2.75, 3.05) is 5.75 Å². The average Bonchev–Trinajstić information content (AvgIpc) is 3.29. The van der Waals surface area contributed by atoms with E-state index < -0.39 is 23.4 Å². The van der Waals surface area contributed by atoms with Crippen molar-refractivity contribution in [3.8, 4) is 0 Å². The Hall–Kier alpha value is -2.10. The molecule has 1 aromatic heterocycles. The maximum Gasteiger partial charge on any atom is 0.344 e.